The molecule has 1 aliphatic carbocycles. The third kappa shape index (κ3) is 2.34. The van der Waals surface area contributed by atoms with Gasteiger partial charge in [-0.15, -0.1) is 0 Å². The van der Waals surface area contributed by atoms with E-state index >= 15 is 0 Å². The summed E-state index contributed by atoms with van der Waals surface area (Å²) in [4.78, 5) is 21.0. The zero-order chi connectivity index (χ0) is 13.3. The third-order valence-electron chi connectivity index (χ3n) is 4.16. The second kappa shape index (κ2) is 4.89. The Labute approximate surface area is 112 Å². The summed E-state index contributed by atoms with van der Waals surface area (Å²) in [6.07, 6.45) is 6.54. The molecule has 0 radical (unpaired) electrons. The molecule has 1 aromatic heterocycles. The number of nitrogens with zero attached hydrogens (tertiary/aromatic N) is 2. The van der Waals surface area contributed by atoms with Crippen molar-refractivity contribution < 1.29 is 9.53 Å². The fraction of sp³-hybridized carbons (Fsp3) is 0.643. The van der Waals surface area contributed by atoms with Gasteiger partial charge in [-0.1, -0.05) is 6.92 Å². The summed E-state index contributed by atoms with van der Waals surface area (Å²) >= 11 is 0. The number of amides is 1. The van der Waals surface area contributed by atoms with Crippen molar-refractivity contribution >= 4 is 5.91 Å². The van der Waals surface area contributed by atoms with E-state index in [4.69, 9.17) is 4.74 Å². The van der Waals surface area contributed by atoms with Gasteiger partial charge in [0.25, 0.3) is 0 Å². The minimum Gasteiger partial charge on any atom is -0.379 e. The lowest BCUT2D eigenvalue weighted by atomic mass is 9.82. The second-order valence-electron chi connectivity index (χ2n) is 5.52. The molecule has 3 rings (SSSR count). The van der Waals surface area contributed by atoms with E-state index in [0.717, 1.165) is 25.1 Å². The molecular weight excluding hydrogens is 242 g/mol. The molecule has 19 heavy (non-hydrogen) atoms. The first-order valence-electron chi connectivity index (χ1n) is 6.91. The number of carbonyl (C=O) groups is 1. The van der Waals surface area contributed by atoms with Crippen LogP contribution < -0.4 is 5.32 Å². The summed E-state index contributed by atoms with van der Waals surface area (Å²) in [6.45, 7) is 3.10. The zero-order valence-corrected chi connectivity index (χ0v) is 11.1. The third-order valence-corrected chi connectivity index (χ3v) is 4.16. The van der Waals surface area contributed by atoms with Crippen LogP contribution in [0.25, 0.3) is 0 Å². The largest absolute Gasteiger partial charge is 0.379 e. The highest BCUT2D eigenvalue weighted by atomic mass is 16.5. The smallest absolute Gasteiger partial charge is 0.231 e. The van der Waals surface area contributed by atoms with Crippen molar-refractivity contribution in [1.29, 1.82) is 0 Å². The zero-order valence-electron chi connectivity index (χ0n) is 11.1. The average Bonchev–Trinajstić information content (AvgIpc) is 3.20. The van der Waals surface area contributed by atoms with Crippen LogP contribution in [0.1, 0.15) is 38.1 Å². The van der Waals surface area contributed by atoms with Gasteiger partial charge in [0.2, 0.25) is 5.91 Å². The number of hydrogen-bond donors (Lipinski definition) is 1. The van der Waals surface area contributed by atoms with Crippen LogP contribution >= 0.6 is 0 Å². The van der Waals surface area contributed by atoms with Crippen LogP contribution in [-0.2, 0) is 9.53 Å². The lowest BCUT2D eigenvalue weighted by Gasteiger charge is -2.39. The van der Waals surface area contributed by atoms with E-state index in [-0.39, 0.29) is 17.4 Å². The Morgan fingerprint density at radius 2 is 2.16 bits per heavy atom. The van der Waals surface area contributed by atoms with Crippen LogP contribution in [0.3, 0.4) is 0 Å². The molecule has 0 bridgehead atoms. The van der Waals surface area contributed by atoms with Crippen LogP contribution in [0.5, 0.6) is 0 Å². The Bertz CT molecular complexity index is 450. The monoisotopic (exact) mass is 261 g/mol. The van der Waals surface area contributed by atoms with Crippen LogP contribution in [0.2, 0.25) is 0 Å². The summed E-state index contributed by atoms with van der Waals surface area (Å²) in [6, 6.07) is 1.75. The maximum absolute atomic E-state index is 12.4. The number of hydrogen-bond acceptors (Lipinski definition) is 4. The number of carbonyl (C=O) groups excluding carboxylic acids is 1. The van der Waals surface area contributed by atoms with Crippen LogP contribution in [0.4, 0.5) is 0 Å². The Kier molecular flexibility index (Phi) is 3.22. The first-order chi connectivity index (χ1) is 9.25. The van der Waals surface area contributed by atoms with Gasteiger partial charge >= 0.3 is 0 Å². The topological polar surface area (TPSA) is 64.1 Å². The predicted molar refractivity (Wildman–Crippen MR) is 69.2 cm³/mol. The van der Waals surface area contributed by atoms with E-state index in [0.29, 0.717) is 19.1 Å². The molecule has 1 unspecified atom stereocenters. The quantitative estimate of drug-likeness (QED) is 0.871. The molecule has 1 saturated heterocycles. The predicted octanol–water partition coefficient (Wildman–Crippen LogP) is 1.47. The minimum atomic E-state index is -0.331. The van der Waals surface area contributed by atoms with Gasteiger partial charge < -0.3 is 10.1 Å². The SMILES string of the molecule is CCC1(C(=O)NC(c2ncccn2)C2CC2)COC1. The molecule has 2 aliphatic rings. The van der Waals surface area contributed by atoms with Crippen molar-refractivity contribution in [2.45, 2.75) is 32.2 Å². The Morgan fingerprint density at radius 1 is 1.47 bits per heavy atom. The van der Waals surface area contributed by atoms with Crippen molar-refractivity contribution in [3.05, 3.63) is 24.3 Å². The normalized spacial score (nSPS) is 22.4. The first kappa shape index (κ1) is 12.5. The summed E-state index contributed by atoms with van der Waals surface area (Å²) < 4.78 is 5.22. The molecule has 5 nitrogen and oxygen atoms in total. The van der Waals surface area contributed by atoms with Gasteiger partial charge in [0.1, 0.15) is 0 Å². The Hall–Kier alpha value is -1.49. The highest BCUT2D eigenvalue weighted by molar-refractivity contribution is 5.84. The molecule has 0 aromatic carbocycles. The highest BCUT2D eigenvalue weighted by Gasteiger charge is 2.46. The van der Waals surface area contributed by atoms with Gasteiger partial charge in [0.05, 0.1) is 24.7 Å². The number of aromatic nitrogens is 2. The summed E-state index contributed by atoms with van der Waals surface area (Å²) in [7, 11) is 0. The van der Waals surface area contributed by atoms with Crippen molar-refractivity contribution in [3.8, 4) is 0 Å². The van der Waals surface area contributed by atoms with Gasteiger partial charge in [0, 0.05) is 12.4 Å². The van der Waals surface area contributed by atoms with Gasteiger partial charge in [-0.2, -0.15) is 0 Å². The van der Waals surface area contributed by atoms with Gasteiger partial charge in [-0.3, -0.25) is 4.79 Å². The van der Waals surface area contributed by atoms with Gasteiger partial charge in [-0.25, -0.2) is 9.97 Å². The Morgan fingerprint density at radius 3 is 2.63 bits per heavy atom. The molecule has 1 aromatic rings. The number of rotatable bonds is 5. The number of nitrogens with one attached hydrogen (secondary N) is 1. The fourth-order valence-corrected chi connectivity index (χ4v) is 2.43. The first-order valence-corrected chi connectivity index (χ1v) is 6.91. The molecule has 1 saturated carbocycles. The van der Waals surface area contributed by atoms with Crippen molar-refractivity contribution in [1.82, 2.24) is 15.3 Å². The highest BCUT2D eigenvalue weighted by Crippen LogP contribution is 2.41. The van der Waals surface area contributed by atoms with E-state index < -0.39 is 0 Å². The molecule has 1 amide bonds. The van der Waals surface area contributed by atoms with E-state index in [1.54, 1.807) is 18.5 Å². The molecular formula is C14H19N3O2. The van der Waals surface area contributed by atoms with Crippen molar-refractivity contribution in [3.63, 3.8) is 0 Å². The summed E-state index contributed by atoms with van der Waals surface area (Å²) in [5.41, 5.74) is -0.331. The maximum atomic E-state index is 12.4. The summed E-state index contributed by atoms with van der Waals surface area (Å²) in [5.74, 6) is 1.30. The second-order valence-corrected chi connectivity index (χ2v) is 5.52. The number of ether oxygens (including phenoxy) is 1. The van der Waals surface area contributed by atoms with Gasteiger partial charge in [0.15, 0.2) is 5.82 Å². The van der Waals surface area contributed by atoms with Crippen molar-refractivity contribution in [2.75, 3.05) is 13.2 Å². The van der Waals surface area contributed by atoms with Crippen LogP contribution in [0, 0.1) is 11.3 Å². The molecule has 1 atom stereocenters. The van der Waals surface area contributed by atoms with E-state index in [1.165, 1.54) is 0 Å². The Balaban J connectivity index is 1.74. The molecule has 5 heteroatoms. The molecule has 102 valence electrons. The molecule has 1 N–H and O–H groups in total. The lowest BCUT2D eigenvalue weighted by Crippen LogP contribution is -2.54. The fourth-order valence-electron chi connectivity index (χ4n) is 2.43. The van der Waals surface area contributed by atoms with Crippen LogP contribution in [0.15, 0.2) is 18.5 Å². The molecule has 2 heterocycles. The lowest BCUT2D eigenvalue weighted by molar-refractivity contribution is -0.163. The standard InChI is InChI=1S/C14H19N3O2/c1-2-14(8-19-9-14)13(18)17-11(10-4-5-10)12-15-6-3-7-16-12/h3,6-7,10-11H,2,4-5,8-9H2,1H3,(H,17,18). The molecule has 0 spiro atoms. The average molecular weight is 261 g/mol. The minimum absolute atomic E-state index is 0.0438. The molecule has 2 fully saturated rings. The van der Waals surface area contributed by atoms with E-state index in [9.17, 15) is 4.79 Å². The van der Waals surface area contributed by atoms with Crippen LogP contribution in [-0.4, -0.2) is 29.1 Å². The summed E-state index contributed by atoms with van der Waals surface area (Å²) in [5, 5.41) is 3.14. The van der Waals surface area contributed by atoms with E-state index in [1.807, 2.05) is 6.92 Å². The van der Waals surface area contributed by atoms with Gasteiger partial charge in [-0.05, 0) is 31.2 Å². The maximum Gasteiger partial charge on any atom is 0.231 e. The molecule has 1 aliphatic heterocycles. The van der Waals surface area contributed by atoms with E-state index in [2.05, 4.69) is 15.3 Å². The van der Waals surface area contributed by atoms with Crippen molar-refractivity contribution in [2.24, 2.45) is 11.3 Å².